The number of halogens is 5. The van der Waals surface area contributed by atoms with E-state index in [0.29, 0.717) is 18.6 Å². The fourth-order valence-corrected chi connectivity index (χ4v) is 3.71. The number of hydrogen-bond acceptors (Lipinski definition) is 6. The zero-order valence-electron chi connectivity index (χ0n) is 22.8. The predicted octanol–water partition coefficient (Wildman–Crippen LogP) is 6.71. The summed E-state index contributed by atoms with van der Waals surface area (Å²) >= 11 is 0. The number of carboxylic acid groups (broad SMARTS) is 1. The second kappa shape index (κ2) is 16.0. The van der Waals surface area contributed by atoms with Gasteiger partial charge in [-0.2, -0.15) is 0 Å². The van der Waals surface area contributed by atoms with Gasteiger partial charge in [0.1, 0.15) is 23.9 Å². The standard InChI is InChI=1S/C28H34F5NO7/c1-3-38-24(25(35)36)19-20-7-9-21(10-8-20)39-18-17-34(16-6-4-5-15-27(2,29)30)26(37)40-22-11-13-23(14-12-22)41-28(31,32)33/h7-14,24H,3-6,15-19H2,1-2H3,(H,35,36). The normalized spacial score (nSPS) is 12.5. The van der Waals surface area contributed by atoms with E-state index in [1.807, 2.05) is 0 Å². The molecule has 41 heavy (non-hydrogen) atoms. The molecule has 2 rings (SSSR count). The Balaban J connectivity index is 1.95. The molecule has 8 nitrogen and oxygen atoms in total. The van der Waals surface area contributed by atoms with Gasteiger partial charge in [-0.15, -0.1) is 13.2 Å². The van der Waals surface area contributed by atoms with E-state index in [2.05, 4.69) is 4.74 Å². The van der Waals surface area contributed by atoms with Crippen LogP contribution in [-0.2, 0) is 16.0 Å². The topological polar surface area (TPSA) is 94.5 Å². The third kappa shape index (κ3) is 14.0. The molecule has 0 aliphatic carbocycles. The average Bonchev–Trinajstić information content (AvgIpc) is 2.87. The smallest absolute Gasteiger partial charge is 0.492 e. The van der Waals surface area contributed by atoms with E-state index in [-0.39, 0.29) is 51.3 Å². The van der Waals surface area contributed by atoms with Crippen LogP contribution in [0.4, 0.5) is 26.7 Å². The number of benzene rings is 2. The van der Waals surface area contributed by atoms with Crippen LogP contribution in [-0.4, -0.2) is 66.8 Å². The number of alkyl halides is 5. The highest BCUT2D eigenvalue weighted by atomic mass is 19.4. The Hall–Kier alpha value is -3.61. The Labute approximate surface area is 234 Å². The van der Waals surface area contributed by atoms with Gasteiger partial charge in [0.25, 0.3) is 0 Å². The van der Waals surface area contributed by atoms with E-state index in [1.54, 1.807) is 31.2 Å². The lowest BCUT2D eigenvalue weighted by Gasteiger charge is -2.22. The molecule has 0 aromatic heterocycles. The Morgan fingerprint density at radius 3 is 2.05 bits per heavy atom. The molecule has 0 aliphatic heterocycles. The molecule has 0 saturated heterocycles. The minimum absolute atomic E-state index is 0.0108. The lowest BCUT2D eigenvalue weighted by atomic mass is 10.1. The molecule has 0 heterocycles. The van der Waals surface area contributed by atoms with Crippen LogP contribution in [0.1, 0.15) is 45.1 Å². The number of unbranched alkanes of at least 4 members (excludes halogenated alkanes) is 2. The first kappa shape index (κ1) is 33.6. The Morgan fingerprint density at radius 2 is 1.49 bits per heavy atom. The fraction of sp³-hybridized carbons (Fsp3) is 0.500. The van der Waals surface area contributed by atoms with Crippen molar-refractivity contribution in [1.82, 2.24) is 4.90 Å². The highest BCUT2D eigenvalue weighted by Gasteiger charge is 2.31. The lowest BCUT2D eigenvalue weighted by molar-refractivity contribution is -0.274. The van der Waals surface area contributed by atoms with Gasteiger partial charge >= 0.3 is 18.4 Å². The van der Waals surface area contributed by atoms with Gasteiger partial charge in [0.15, 0.2) is 6.10 Å². The highest BCUT2D eigenvalue weighted by Crippen LogP contribution is 2.25. The van der Waals surface area contributed by atoms with Crippen LogP contribution in [0.2, 0.25) is 0 Å². The van der Waals surface area contributed by atoms with Crippen LogP contribution < -0.4 is 14.2 Å². The molecule has 0 saturated carbocycles. The number of nitrogens with zero attached hydrogens (tertiary/aromatic N) is 1. The van der Waals surface area contributed by atoms with Crippen LogP contribution in [0.5, 0.6) is 17.2 Å². The van der Waals surface area contributed by atoms with Crippen molar-refractivity contribution in [3.05, 3.63) is 54.1 Å². The number of carbonyl (C=O) groups is 2. The van der Waals surface area contributed by atoms with E-state index in [9.17, 15) is 36.6 Å². The minimum Gasteiger partial charge on any atom is -0.492 e. The number of rotatable bonds is 17. The molecule has 1 amide bonds. The molecule has 0 radical (unpaired) electrons. The van der Waals surface area contributed by atoms with Crippen LogP contribution in [0.25, 0.3) is 0 Å². The molecule has 2 aromatic carbocycles. The number of ether oxygens (including phenoxy) is 4. The highest BCUT2D eigenvalue weighted by molar-refractivity contribution is 5.72. The summed E-state index contributed by atoms with van der Waals surface area (Å²) < 4.78 is 83.3. The molecule has 13 heteroatoms. The molecule has 0 spiro atoms. The van der Waals surface area contributed by atoms with Crippen LogP contribution in [0, 0.1) is 0 Å². The Bertz CT molecular complexity index is 1070. The molecule has 228 valence electrons. The zero-order chi connectivity index (χ0) is 30.5. The molecule has 0 bridgehead atoms. The van der Waals surface area contributed by atoms with Gasteiger partial charge in [0.05, 0.1) is 6.54 Å². The van der Waals surface area contributed by atoms with Crippen molar-refractivity contribution in [2.45, 2.75) is 64.3 Å². The first-order valence-electron chi connectivity index (χ1n) is 13.0. The van der Waals surface area contributed by atoms with Crippen LogP contribution in [0.3, 0.4) is 0 Å². The summed E-state index contributed by atoms with van der Waals surface area (Å²) in [7, 11) is 0. The van der Waals surface area contributed by atoms with E-state index in [1.165, 1.54) is 4.90 Å². The third-order valence-corrected chi connectivity index (χ3v) is 5.68. The SMILES string of the molecule is CCOC(Cc1ccc(OCCN(CCCCCC(C)(F)F)C(=O)Oc2ccc(OC(F)(F)F)cc2)cc1)C(=O)O. The number of carbonyl (C=O) groups excluding carboxylic acids is 1. The minimum atomic E-state index is -4.86. The second-order valence-electron chi connectivity index (χ2n) is 9.23. The summed E-state index contributed by atoms with van der Waals surface area (Å²) in [6.07, 6.45) is -5.59. The van der Waals surface area contributed by atoms with E-state index >= 15 is 0 Å². The molecule has 1 N–H and O–H groups in total. The largest absolute Gasteiger partial charge is 0.573 e. The fourth-order valence-electron chi connectivity index (χ4n) is 3.71. The Kier molecular flexibility index (Phi) is 13.1. The summed E-state index contributed by atoms with van der Waals surface area (Å²) in [5.74, 6) is -3.85. The molecule has 2 aromatic rings. The first-order valence-corrected chi connectivity index (χ1v) is 13.0. The van der Waals surface area contributed by atoms with Crippen molar-refractivity contribution in [2.75, 3.05) is 26.3 Å². The van der Waals surface area contributed by atoms with Crippen molar-refractivity contribution < 1.29 is 55.6 Å². The van der Waals surface area contributed by atoms with E-state index in [4.69, 9.17) is 14.2 Å². The van der Waals surface area contributed by atoms with Gasteiger partial charge in [0, 0.05) is 26.0 Å². The molecular weight excluding hydrogens is 557 g/mol. The van der Waals surface area contributed by atoms with Gasteiger partial charge < -0.3 is 29.0 Å². The zero-order valence-corrected chi connectivity index (χ0v) is 22.8. The molecule has 0 fully saturated rings. The number of amides is 1. The maximum absolute atomic E-state index is 13.1. The van der Waals surface area contributed by atoms with Gasteiger partial charge in [-0.3, -0.25) is 0 Å². The van der Waals surface area contributed by atoms with Crippen molar-refractivity contribution in [1.29, 1.82) is 0 Å². The molecule has 1 unspecified atom stereocenters. The van der Waals surface area contributed by atoms with Gasteiger partial charge in [-0.1, -0.05) is 18.6 Å². The van der Waals surface area contributed by atoms with Crippen molar-refractivity contribution in [3.8, 4) is 17.2 Å². The predicted molar refractivity (Wildman–Crippen MR) is 139 cm³/mol. The first-order chi connectivity index (χ1) is 19.3. The molecule has 1 atom stereocenters. The summed E-state index contributed by atoms with van der Waals surface area (Å²) in [5.41, 5.74) is 0.729. The quantitative estimate of drug-likeness (QED) is 0.161. The monoisotopic (exact) mass is 591 g/mol. The number of aliphatic carboxylic acids is 1. The summed E-state index contributed by atoms with van der Waals surface area (Å²) in [5, 5.41) is 9.23. The van der Waals surface area contributed by atoms with Crippen molar-refractivity contribution in [2.24, 2.45) is 0 Å². The summed E-state index contributed by atoms with van der Waals surface area (Å²) in [6, 6.07) is 11.0. The van der Waals surface area contributed by atoms with Crippen LogP contribution >= 0.6 is 0 Å². The molecule has 0 aliphatic rings. The Morgan fingerprint density at radius 1 is 0.878 bits per heavy atom. The van der Waals surface area contributed by atoms with E-state index in [0.717, 1.165) is 36.8 Å². The summed E-state index contributed by atoms with van der Waals surface area (Å²) in [6.45, 7) is 3.12. The van der Waals surface area contributed by atoms with Crippen molar-refractivity contribution >= 4 is 12.1 Å². The third-order valence-electron chi connectivity index (χ3n) is 5.68. The van der Waals surface area contributed by atoms with Gasteiger partial charge in [-0.25, -0.2) is 18.4 Å². The maximum atomic E-state index is 13.1. The second-order valence-corrected chi connectivity index (χ2v) is 9.23. The van der Waals surface area contributed by atoms with Crippen molar-refractivity contribution in [3.63, 3.8) is 0 Å². The van der Waals surface area contributed by atoms with Gasteiger partial charge in [0.2, 0.25) is 5.92 Å². The number of hydrogen-bond donors (Lipinski definition) is 1. The number of carboxylic acids is 1. The molecular formula is C28H34F5NO7. The maximum Gasteiger partial charge on any atom is 0.573 e. The lowest BCUT2D eigenvalue weighted by Crippen LogP contribution is -2.37. The van der Waals surface area contributed by atoms with Crippen LogP contribution in [0.15, 0.2) is 48.5 Å². The average molecular weight is 592 g/mol. The van der Waals surface area contributed by atoms with Gasteiger partial charge in [-0.05, 0) is 68.7 Å². The van der Waals surface area contributed by atoms with E-state index < -0.39 is 36.2 Å². The summed E-state index contributed by atoms with van der Waals surface area (Å²) in [4.78, 5) is 25.4.